The first kappa shape index (κ1) is 14.1. The SMILES string of the molecule is C=CC1=CC[C@H]2[C@@H]3CCC4CCCC[C@]4(C)[C@H]3CC[C@]12C. The van der Waals surface area contributed by atoms with E-state index in [4.69, 9.17) is 0 Å². The summed E-state index contributed by atoms with van der Waals surface area (Å²) in [5.74, 6) is 3.98. The van der Waals surface area contributed by atoms with Crippen molar-refractivity contribution in [1.82, 2.24) is 0 Å². The van der Waals surface area contributed by atoms with E-state index >= 15 is 0 Å². The Morgan fingerprint density at radius 1 is 1.05 bits per heavy atom. The van der Waals surface area contributed by atoms with Gasteiger partial charge in [0.1, 0.15) is 0 Å². The van der Waals surface area contributed by atoms with E-state index < -0.39 is 0 Å². The first-order valence-corrected chi connectivity index (χ1v) is 9.42. The number of fused-ring (bicyclic) bond motifs is 5. The van der Waals surface area contributed by atoms with E-state index in [1.165, 1.54) is 57.8 Å². The molecule has 4 aliphatic rings. The highest BCUT2D eigenvalue weighted by atomic mass is 14.6. The van der Waals surface area contributed by atoms with Crippen LogP contribution in [-0.2, 0) is 0 Å². The van der Waals surface area contributed by atoms with Crippen LogP contribution in [0.25, 0.3) is 0 Å². The molecular formula is C21H32. The Balaban J connectivity index is 1.65. The van der Waals surface area contributed by atoms with Gasteiger partial charge < -0.3 is 0 Å². The van der Waals surface area contributed by atoms with Gasteiger partial charge in [-0.2, -0.15) is 0 Å². The third-order valence-corrected chi connectivity index (χ3v) is 8.44. The molecule has 0 heteroatoms. The lowest BCUT2D eigenvalue weighted by molar-refractivity contribution is -0.0982. The molecule has 0 amide bonds. The molecule has 0 aromatic carbocycles. The smallest absolute Gasteiger partial charge is 0.00446 e. The van der Waals surface area contributed by atoms with Crippen LogP contribution >= 0.6 is 0 Å². The molecule has 0 heterocycles. The van der Waals surface area contributed by atoms with Crippen LogP contribution in [0.15, 0.2) is 24.3 Å². The molecule has 3 saturated carbocycles. The average Bonchev–Trinajstić information content (AvgIpc) is 2.83. The van der Waals surface area contributed by atoms with E-state index in [9.17, 15) is 0 Å². The average molecular weight is 284 g/mol. The second kappa shape index (κ2) is 4.74. The number of rotatable bonds is 1. The zero-order valence-corrected chi connectivity index (χ0v) is 14.0. The summed E-state index contributed by atoms with van der Waals surface area (Å²) in [7, 11) is 0. The van der Waals surface area contributed by atoms with E-state index in [1.807, 2.05) is 0 Å². The Bertz CT molecular complexity index is 472. The minimum absolute atomic E-state index is 0.459. The van der Waals surface area contributed by atoms with Crippen molar-refractivity contribution >= 4 is 0 Å². The normalized spacial score (nSPS) is 52.4. The molecule has 21 heavy (non-hydrogen) atoms. The third-order valence-electron chi connectivity index (χ3n) is 8.44. The van der Waals surface area contributed by atoms with E-state index in [1.54, 1.807) is 5.57 Å². The topological polar surface area (TPSA) is 0 Å². The van der Waals surface area contributed by atoms with Gasteiger partial charge in [-0.1, -0.05) is 45.4 Å². The van der Waals surface area contributed by atoms with E-state index in [0.717, 1.165) is 23.7 Å². The lowest BCUT2D eigenvalue weighted by Gasteiger charge is -2.60. The van der Waals surface area contributed by atoms with Crippen molar-refractivity contribution in [2.45, 2.75) is 71.6 Å². The largest absolute Gasteiger partial charge is 0.0988 e. The Hall–Kier alpha value is -0.520. The van der Waals surface area contributed by atoms with Gasteiger partial charge in [-0.25, -0.2) is 0 Å². The summed E-state index contributed by atoms with van der Waals surface area (Å²) in [6.07, 6.45) is 18.0. The highest BCUT2D eigenvalue weighted by Gasteiger charge is 2.57. The van der Waals surface area contributed by atoms with Gasteiger partial charge in [0.05, 0.1) is 0 Å². The third kappa shape index (κ3) is 1.80. The molecule has 0 bridgehead atoms. The molecule has 0 N–H and O–H groups in total. The van der Waals surface area contributed by atoms with Gasteiger partial charge in [0.15, 0.2) is 0 Å². The van der Waals surface area contributed by atoms with Crippen LogP contribution in [0.4, 0.5) is 0 Å². The van der Waals surface area contributed by atoms with Gasteiger partial charge in [-0.15, -0.1) is 0 Å². The van der Waals surface area contributed by atoms with Gasteiger partial charge in [0, 0.05) is 0 Å². The quantitative estimate of drug-likeness (QED) is 0.542. The summed E-state index contributed by atoms with van der Waals surface area (Å²) < 4.78 is 0. The van der Waals surface area contributed by atoms with Gasteiger partial charge in [-0.05, 0) is 85.0 Å². The Morgan fingerprint density at radius 3 is 2.71 bits per heavy atom. The monoisotopic (exact) mass is 284 g/mol. The highest BCUT2D eigenvalue weighted by molar-refractivity contribution is 5.32. The fourth-order valence-electron chi connectivity index (χ4n) is 7.21. The second-order valence-electron chi connectivity index (χ2n) is 8.96. The predicted molar refractivity (Wildman–Crippen MR) is 90.0 cm³/mol. The molecule has 4 rings (SSSR count). The van der Waals surface area contributed by atoms with Crippen molar-refractivity contribution in [2.24, 2.45) is 34.5 Å². The van der Waals surface area contributed by atoms with E-state index in [0.29, 0.717) is 10.8 Å². The van der Waals surface area contributed by atoms with Crippen molar-refractivity contribution in [1.29, 1.82) is 0 Å². The van der Waals surface area contributed by atoms with Crippen molar-refractivity contribution < 1.29 is 0 Å². The van der Waals surface area contributed by atoms with Crippen molar-refractivity contribution in [3.63, 3.8) is 0 Å². The molecule has 0 nitrogen and oxygen atoms in total. The Morgan fingerprint density at radius 2 is 1.90 bits per heavy atom. The van der Waals surface area contributed by atoms with Crippen LogP contribution in [0, 0.1) is 34.5 Å². The summed E-state index contributed by atoms with van der Waals surface area (Å²) >= 11 is 0. The summed E-state index contributed by atoms with van der Waals surface area (Å²) in [6.45, 7) is 9.31. The molecule has 0 aromatic heterocycles. The van der Waals surface area contributed by atoms with Crippen LogP contribution in [-0.4, -0.2) is 0 Å². The first-order valence-electron chi connectivity index (χ1n) is 9.42. The van der Waals surface area contributed by atoms with Gasteiger partial charge >= 0.3 is 0 Å². The van der Waals surface area contributed by atoms with E-state index in [2.05, 4.69) is 32.6 Å². The van der Waals surface area contributed by atoms with Crippen LogP contribution in [0.1, 0.15) is 71.6 Å². The number of hydrogen-bond donors (Lipinski definition) is 0. The molecule has 4 aliphatic carbocycles. The Kier molecular flexibility index (Phi) is 3.18. The van der Waals surface area contributed by atoms with Gasteiger partial charge in [-0.3, -0.25) is 0 Å². The molecule has 0 aliphatic heterocycles. The summed E-state index contributed by atoms with van der Waals surface area (Å²) in [6, 6.07) is 0. The van der Waals surface area contributed by atoms with Gasteiger partial charge in [0.2, 0.25) is 0 Å². The number of hydrogen-bond acceptors (Lipinski definition) is 0. The summed E-state index contributed by atoms with van der Waals surface area (Å²) in [4.78, 5) is 0. The maximum Gasteiger partial charge on any atom is -0.00446 e. The van der Waals surface area contributed by atoms with Crippen LogP contribution in [0.5, 0.6) is 0 Å². The van der Waals surface area contributed by atoms with E-state index in [-0.39, 0.29) is 0 Å². The first-order chi connectivity index (χ1) is 10.1. The highest BCUT2D eigenvalue weighted by Crippen LogP contribution is 2.66. The maximum absolute atomic E-state index is 4.09. The van der Waals surface area contributed by atoms with Crippen LogP contribution < -0.4 is 0 Å². The summed E-state index contributed by atoms with van der Waals surface area (Å²) in [5.41, 5.74) is 2.71. The van der Waals surface area contributed by atoms with Crippen molar-refractivity contribution in [3.8, 4) is 0 Å². The predicted octanol–water partition coefficient (Wildman–Crippen LogP) is 6.14. The molecular weight excluding hydrogens is 252 g/mol. The van der Waals surface area contributed by atoms with Crippen molar-refractivity contribution in [3.05, 3.63) is 24.3 Å². The summed E-state index contributed by atoms with van der Waals surface area (Å²) in [5, 5.41) is 0. The molecule has 0 aromatic rings. The fraction of sp³-hybridized carbons (Fsp3) is 0.810. The van der Waals surface area contributed by atoms with Crippen LogP contribution in [0.2, 0.25) is 0 Å². The zero-order valence-electron chi connectivity index (χ0n) is 14.0. The maximum atomic E-state index is 4.09. The van der Waals surface area contributed by atoms with Crippen molar-refractivity contribution in [2.75, 3.05) is 0 Å². The molecule has 3 fully saturated rings. The minimum Gasteiger partial charge on any atom is -0.0988 e. The zero-order chi connectivity index (χ0) is 14.7. The molecule has 1 unspecified atom stereocenters. The fourth-order valence-corrected chi connectivity index (χ4v) is 7.21. The lowest BCUT2D eigenvalue weighted by Crippen LogP contribution is -2.52. The molecule has 0 spiro atoms. The number of allylic oxidation sites excluding steroid dienone is 3. The minimum atomic E-state index is 0.459. The molecule has 116 valence electrons. The second-order valence-corrected chi connectivity index (χ2v) is 8.96. The lowest BCUT2D eigenvalue weighted by atomic mass is 9.45. The molecule has 6 atom stereocenters. The molecule has 0 saturated heterocycles. The van der Waals surface area contributed by atoms with Gasteiger partial charge in [0.25, 0.3) is 0 Å². The standard InChI is InChI=1S/C21H32/c1-4-15-9-11-18-17-10-8-16-7-5-6-13-20(16,2)19(17)12-14-21(15,18)3/h4,9,16-19H,1,5-8,10-14H2,2-3H3/t16?,17-,18-,19-,20-,21+/m0/s1. The molecule has 0 radical (unpaired) electrons. The Labute approximate surface area is 131 Å². The van der Waals surface area contributed by atoms with Crippen LogP contribution in [0.3, 0.4) is 0 Å².